The molecule has 1 amide bonds. The van der Waals surface area contributed by atoms with Crippen LogP contribution in [0.5, 0.6) is 11.5 Å². The third kappa shape index (κ3) is 3.54. The van der Waals surface area contributed by atoms with E-state index >= 15 is 4.39 Å². The maximum Gasteiger partial charge on any atom is 0.278 e. The molecule has 1 saturated carbocycles. The lowest BCUT2D eigenvalue weighted by molar-refractivity contribution is 0.0610. The molecular formula is C27H23F2N3O4. The van der Waals surface area contributed by atoms with Gasteiger partial charge in [0.05, 0.1) is 6.04 Å². The number of benzene rings is 2. The second-order valence-corrected chi connectivity index (χ2v) is 9.24. The molecule has 0 spiro atoms. The molecule has 7 nitrogen and oxygen atoms in total. The van der Waals surface area contributed by atoms with Gasteiger partial charge in [0.2, 0.25) is 11.2 Å². The summed E-state index contributed by atoms with van der Waals surface area (Å²) in [6.45, 7) is 0.0633. The highest BCUT2D eigenvalue weighted by molar-refractivity contribution is 5.96. The summed E-state index contributed by atoms with van der Waals surface area (Å²) in [4.78, 5) is 27.7. The standard InChI is InChI=1S/C27H23F2N3O4/c28-19-11-10-18-23(17-5-2-1-3-6-17)32-15-30(27(35)24-25(34)21(33)12-13-31(24)32)20(16-8-9-16)7-4-14-36-26(18)22(19)29/h1-7,10-13,16,20,23,34H,8-9,14-15H2/b7-4+/t20-,23+/m0/s1. The van der Waals surface area contributed by atoms with Crippen LogP contribution in [0.3, 0.4) is 0 Å². The van der Waals surface area contributed by atoms with Gasteiger partial charge in [0, 0.05) is 17.8 Å². The van der Waals surface area contributed by atoms with Crippen LogP contribution in [0.25, 0.3) is 0 Å². The molecular weight excluding hydrogens is 468 g/mol. The van der Waals surface area contributed by atoms with Gasteiger partial charge in [0.1, 0.15) is 19.3 Å². The minimum absolute atomic E-state index is 0.0177. The Kier molecular flexibility index (Phi) is 5.28. The molecule has 2 atom stereocenters. The number of hydrogen-bond donors (Lipinski definition) is 1. The molecule has 1 aliphatic carbocycles. The first-order valence-corrected chi connectivity index (χ1v) is 11.8. The van der Waals surface area contributed by atoms with Crippen LogP contribution in [-0.4, -0.2) is 39.9 Å². The number of aromatic hydroxyl groups is 1. The fourth-order valence-electron chi connectivity index (χ4n) is 5.13. The van der Waals surface area contributed by atoms with Crippen LogP contribution in [0.1, 0.15) is 40.5 Å². The van der Waals surface area contributed by atoms with Crippen molar-refractivity contribution < 1.29 is 23.4 Å². The summed E-state index contributed by atoms with van der Waals surface area (Å²) < 4.78 is 36.7. The summed E-state index contributed by atoms with van der Waals surface area (Å²) in [5, 5.41) is 12.5. The summed E-state index contributed by atoms with van der Waals surface area (Å²) >= 11 is 0. The molecule has 184 valence electrons. The topological polar surface area (TPSA) is 75.0 Å². The Bertz CT molecular complexity index is 1430. The van der Waals surface area contributed by atoms with Gasteiger partial charge in [-0.05, 0) is 42.5 Å². The van der Waals surface area contributed by atoms with Crippen LogP contribution in [0.15, 0.2) is 71.7 Å². The van der Waals surface area contributed by atoms with Crippen molar-refractivity contribution in [2.24, 2.45) is 5.92 Å². The van der Waals surface area contributed by atoms with E-state index in [-0.39, 0.29) is 36.7 Å². The van der Waals surface area contributed by atoms with E-state index < -0.39 is 34.8 Å². The van der Waals surface area contributed by atoms with E-state index in [9.17, 15) is 19.1 Å². The number of carbonyl (C=O) groups excluding carboxylic acids is 1. The number of nitrogens with zero attached hydrogens (tertiary/aromatic N) is 3. The predicted octanol–water partition coefficient (Wildman–Crippen LogP) is 3.70. The zero-order valence-corrected chi connectivity index (χ0v) is 19.2. The van der Waals surface area contributed by atoms with Gasteiger partial charge in [-0.25, -0.2) is 4.39 Å². The van der Waals surface area contributed by atoms with Crippen molar-refractivity contribution in [1.82, 2.24) is 9.58 Å². The molecule has 2 bridgehead atoms. The van der Waals surface area contributed by atoms with Gasteiger partial charge >= 0.3 is 0 Å². The van der Waals surface area contributed by atoms with Crippen molar-refractivity contribution in [3.63, 3.8) is 0 Å². The third-order valence-electron chi connectivity index (χ3n) is 7.00. The Balaban J connectivity index is 1.65. The van der Waals surface area contributed by atoms with Gasteiger partial charge in [0.25, 0.3) is 5.91 Å². The third-order valence-corrected chi connectivity index (χ3v) is 7.00. The first-order chi connectivity index (χ1) is 17.5. The molecule has 1 fully saturated rings. The minimum Gasteiger partial charge on any atom is -0.502 e. The highest BCUT2D eigenvalue weighted by Crippen LogP contribution is 2.42. The number of amides is 1. The molecule has 3 aliphatic rings. The van der Waals surface area contributed by atoms with E-state index in [0.717, 1.165) is 24.5 Å². The smallest absolute Gasteiger partial charge is 0.278 e. The summed E-state index contributed by atoms with van der Waals surface area (Å²) in [5.74, 6) is -3.28. The summed E-state index contributed by atoms with van der Waals surface area (Å²) in [6.07, 6.45) is 6.81. The number of halogens is 2. The van der Waals surface area contributed by atoms with Gasteiger partial charge in [0.15, 0.2) is 23.0 Å². The van der Waals surface area contributed by atoms with Crippen molar-refractivity contribution in [2.45, 2.75) is 24.9 Å². The van der Waals surface area contributed by atoms with Crippen molar-refractivity contribution in [1.29, 1.82) is 0 Å². The first kappa shape index (κ1) is 22.3. The Morgan fingerprint density at radius 2 is 1.78 bits per heavy atom. The fraction of sp³-hybridized carbons (Fsp3) is 0.259. The highest BCUT2D eigenvalue weighted by atomic mass is 19.2. The number of aromatic nitrogens is 1. The number of ether oxygens (including phenoxy) is 1. The van der Waals surface area contributed by atoms with Crippen LogP contribution in [0.2, 0.25) is 0 Å². The lowest BCUT2D eigenvalue weighted by atomic mass is 9.96. The Hall–Kier alpha value is -4.14. The van der Waals surface area contributed by atoms with Gasteiger partial charge in [-0.15, -0.1) is 0 Å². The number of pyridine rings is 1. The number of hydrogen-bond acceptors (Lipinski definition) is 5. The molecule has 2 aliphatic heterocycles. The molecule has 1 N–H and O–H groups in total. The molecule has 36 heavy (non-hydrogen) atoms. The normalized spacial score (nSPS) is 22.2. The predicted molar refractivity (Wildman–Crippen MR) is 127 cm³/mol. The van der Waals surface area contributed by atoms with Gasteiger partial charge in [-0.2, -0.15) is 4.39 Å². The van der Waals surface area contributed by atoms with E-state index in [0.29, 0.717) is 5.56 Å². The molecule has 0 unspecified atom stereocenters. The van der Waals surface area contributed by atoms with Crippen LogP contribution in [0, 0.1) is 17.6 Å². The average Bonchev–Trinajstić information content (AvgIpc) is 3.72. The highest BCUT2D eigenvalue weighted by Gasteiger charge is 2.44. The zero-order chi connectivity index (χ0) is 25.0. The summed E-state index contributed by atoms with van der Waals surface area (Å²) in [7, 11) is 0. The fourth-order valence-corrected chi connectivity index (χ4v) is 5.13. The SMILES string of the molecule is O=C1c2c(O)c(=O)ccn2N2CN1[C@H](C1CC1)/C=C/COc1c(ccc(F)c1F)[C@H]2c1ccccc1. The van der Waals surface area contributed by atoms with Crippen LogP contribution in [0.4, 0.5) is 8.78 Å². The Morgan fingerprint density at radius 1 is 1.00 bits per heavy atom. The average molecular weight is 491 g/mol. The van der Waals surface area contributed by atoms with Gasteiger partial charge in [-0.3, -0.25) is 19.3 Å². The molecule has 9 heteroatoms. The molecule has 0 saturated heterocycles. The van der Waals surface area contributed by atoms with E-state index in [1.165, 1.54) is 23.0 Å². The maximum atomic E-state index is 15.1. The molecule has 3 aromatic rings. The molecule has 3 heterocycles. The van der Waals surface area contributed by atoms with E-state index in [1.807, 2.05) is 36.4 Å². The number of fused-ring (bicyclic) bond motifs is 5. The van der Waals surface area contributed by atoms with E-state index in [2.05, 4.69) is 0 Å². The first-order valence-electron chi connectivity index (χ1n) is 11.8. The summed E-state index contributed by atoms with van der Waals surface area (Å²) in [5.41, 5.74) is 0.226. The Morgan fingerprint density at radius 3 is 2.53 bits per heavy atom. The zero-order valence-electron chi connectivity index (χ0n) is 19.2. The molecule has 0 radical (unpaired) electrons. The Labute approximate surface area is 205 Å². The van der Waals surface area contributed by atoms with E-state index in [4.69, 9.17) is 4.74 Å². The molecule has 6 rings (SSSR count). The quantitative estimate of drug-likeness (QED) is 0.554. The molecule has 1 aromatic heterocycles. The maximum absolute atomic E-state index is 15.1. The molecule has 2 aromatic carbocycles. The van der Waals surface area contributed by atoms with Crippen molar-refractivity contribution in [3.8, 4) is 11.5 Å². The number of rotatable bonds is 2. The lowest BCUT2D eigenvalue weighted by Crippen LogP contribution is -2.58. The monoisotopic (exact) mass is 491 g/mol. The van der Waals surface area contributed by atoms with Crippen LogP contribution >= 0.6 is 0 Å². The lowest BCUT2D eigenvalue weighted by Gasteiger charge is -2.46. The summed E-state index contributed by atoms with van der Waals surface area (Å²) in [6, 6.07) is 11.8. The number of carbonyl (C=O) groups is 1. The van der Waals surface area contributed by atoms with Crippen molar-refractivity contribution in [2.75, 3.05) is 18.3 Å². The van der Waals surface area contributed by atoms with Crippen molar-refractivity contribution in [3.05, 3.63) is 106 Å². The second kappa shape index (κ2) is 8.51. The van der Waals surface area contributed by atoms with Gasteiger partial charge in [-0.1, -0.05) is 36.4 Å². The van der Waals surface area contributed by atoms with E-state index in [1.54, 1.807) is 16.0 Å². The van der Waals surface area contributed by atoms with Crippen molar-refractivity contribution >= 4 is 5.91 Å². The van der Waals surface area contributed by atoms with Gasteiger partial charge < -0.3 is 14.7 Å². The largest absolute Gasteiger partial charge is 0.502 e. The van der Waals surface area contributed by atoms with Crippen LogP contribution in [-0.2, 0) is 0 Å². The second-order valence-electron chi connectivity index (χ2n) is 9.24. The van der Waals surface area contributed by atoms with Crippen LogP contribution < -0.4 is 15.2 Å². The minimum atomic E-state index is -1.10.